The van der Waals surface area contributed by atoms with Crippen LogP contribution in [0.2, 0.25) is 0 Å². The van der Waals surface area contributed by atoms with E-state index in [0.29, 0.717) is 12.1 Å². The molecule has 1 aliphatic carbocycles. The van der Waals surface area contributed by atoms with Gasteiger partial charge in [-0.05, 0) is 52.1 Å². The number of hydrogen-bond acceptors (Lipinski definition) is 3. The van der Waals surface area contributed by atoms with Crippen molar-refractivity contribution < 1.29 is 4.74 Å². The van der Waals surface area contributed by atoms with Gasteiger partial charge in [-0.2, -0.15) is 0 Å². The summed E-state index contributed by atoms with van der Waals surface area (Å²) in [4.78, 5) is 2.57. The van der Waals surface area contributed by atoms with E-state index < -0.39 is 0 Å². The Hall–Kier alpha value is -0.380. The molecule has 2 rings (SSSR count). The van der Waals surface area contributed by atoms with Gasteiger partial charge in [-0.1, -0.05) is 12.2 Å². The van der Waals surface area contributed by atoms with Gasteiger partial charge in [-0.15, -0.1) is 0 Å². The van der Waals surface area contributed by atoms with Gasteiger partial charge in [0.05, 0.1) is 13.2 Å². The minimum absolute atomic E-state index is 0.338. The SMILES string of the molecule is C=C(C)COCCN1CCCNC(C)(C2CC2)C1. The van der Waals surface area contributed by atoms with Crippen molar-refractivity contribution >= 4 is 0 Å². The molecule has 0 amide bonds. The van der Waals surface area contributed by atoms with E-state index in [4.69, 9.17) is 4.74 Å². The van der Waals surface area contributed by atoms with Crippen molar-refractivity contribution in [3.05, 3.63) is 12.2 Å². The Morgan fingerprint density at radius 2 is 2.28 bits per heavy atom. The predicted molar refractivity (Wildman–Crippen MR) is 75.8 cm³/mol. The van der Waals surface area contributed by atoms with Crippen LogP contribution in [0.15, 0.2) is 12.2 Å². The van der Waals surface area contributed by atoms with Crippen molar-refractivity contribution in [2.75, 3.05) is 39.4 Å². The second kappa shape index (κ2) is 6.18. The van der Waals surface area contributed by atoms with Crippen molar-refractivity contribution in [3.8, 4) is 0 Å². The third-order valence-electron chi connectivity index (χ3n) is 4.11. The lowest BCUT2D eigenvalue weighted by Crippen LogP contribution is -2.51. The van der Waals surface area contributed by atoms with Crippen molar-refractivity contribution in [3.63, 3.8) is 0 Å². The lowest BCUT2D eigenvalue weighted by Gasteiger charge is -2.33. The van der Waals surface area contributed by atoms with Gasteiger partial charge in [0.15, 0.2) is 0 Å². The Balaban J connectivity index is 1.75. The molecule has 1 N–H and O–H groups in total. The molecule has 18 heavy (non-hydrogen) atoms. The van der Waals surface area contributed by atoms with Crippen LogP contribution in [0.5, 0.6) is 0 Å². The first kappa shape index (κ1) is 14.0. The van der Waals surface area contributed by atoms with E-state index in [1.807, 2.05) is 6.92 Å². The molecule has 0 bridgehead atoms. The van der Waals surface area contributed by atoms with Crippen LogP contribution >= 0.6 is 0 Å². The second-order valence-corrected chi connectivity index (χ2v) is 6.26. The molecule has 1 saturated heterocycles. The fourth-order valence-electron chi connectivity index (χ4n) is 2.90. The van der Waals surface area contributed by atoms with E-state index in [9.17, 15) is 0 Å². The molecule has 2 aliphatic rings. The molecule has 1 saturated carbocycles. The Morgan fingerprint density at radius 1 is 1.50 bits per heavy atom. The predicted octanol–water partition coefficient (Wildman–Crippen LogP) is 2.04. The zero-order valence-corrected chi connectivity index (χ0v) is 12.0. The van der Waals surface area contributed by atoms with Crippen LogP contribution in [0, 0.1) is 5.92 Å². The minimum Gasteiger partial charge on any atom is -0.376 e. The quantitative estimate of drug-likeness (QED) is 0.578. The summed E-state index contributed by atoms with van der Waals surface area (Å²) >= 11 is 0. The summed E-state index contributed by atoms with van der Waals surface area (Å²) in [6.07, 6.45) is 4.07. The van der Waals surface area contributed by atoms with Crippen molar-refractivity contribution in [1.29, 1.82) is 0 Å². The van der Waals surface area contributed by atoms with Crippen LogP contribution in [0.4, 0.5) is 0 Å². The van der Waals surface area contributed by atoms with Gasteiger partial charge in [0, 0.05) is 18.6 Å². The number of nitrogens with zero attached hydrogens (tertiary/aromatic N) is 1. The van der Waals surface area contributed by atoms with Crippen LogP contribution in [0.25, 0.3) is 0 Å². The minimum atomic E-state index is 0.338. The van der Waals surface area contributed by atoms with Gasteiger partial charge in [-0.25, -0.2) is 0 Å². The molecule has 0 radical (unpaired) electrons. The first-order chi connectivity index (χ1) is 8.60. The Kier molecular flexibility index (Phi) is 4.82. The molecule has 3 heteroatoms. The number of rotatable bonds is 6. The monoisotopic (exact) mass is 252 g/mol. The van der Waals surface area contributed by atoms with E-state index in [1.165, 1.54) is 32.4 Å². The van der Waals surface area contributed by atoms with Crippen LogP contribution in [-0.4, -0.2) is 49.8 Å². The lowest BCUT2D eigenvalue weighted by atomic mass is 9.95. The molecule has 2 fully saturated rings. The van der Waals surface area contributed by atoms with Crippen LogP contribution in [0.3, 0.4) is 0 Å². The first-order valence-corrected chi connectivity index (χ1v) is 7.30. The van der Waals surface area contributed by atoms with Gasteiger partial charge in [0.1, 0.15) is 0 Å². The fourth-order valence-corrected chi connectivity index (χ4v) is 2.90. The third-order valence-corrected chi connectivity index (χ3v) is 4.11. The van der Waals surface area contributed by atoms with Gasteiger partial charge in [-0.3, -0.25) is 4.90 Å². The van der Waals surface area contributed by atoms with Gasteiger partial charge in [0.25, 0.3) is 0 Å². The highest BCUT2D eigenvalue weighted by Gasteiger charge is 2.42. The third kappa shape index (κ3) is 4.08. The van der Waals surface area contributed by atoms with Crippen LogP contribution in [-0.2, 0) is 4.74 Å². The Morgan fingerprint density at radius 3 is 2.94 bits per heavy atom. The summed E-state index contributed by atoms with van der Waals surface area (Å²) in [5.74, 6) is 0.898. The molecule has 0 aromatic carbocycles. The highest BCUT2D eigenvalue weighted by atomic mass is 16.5. The average Bonchev–Trinajstić information content (AvgIpc) is 3.11. The topological polar surface area (TPSA) is 24.5 Å². The largest absolute Gasteiger partial charge is 0.376 e. The maximum atomic E-state index is 5.62. The first-order valence-electron chi connectivity index (χ1n) is 7.30. The zero-order valence-electron chi connectivity index (χ0n) is 12.0. The average molecular weight is 252 g/mol. The maximum absolute atomic E-state index is 5.62. The molecule has 1 aliphatic heterocycles. The number of nitrogens with one attached hydrogen (secondary N) is 1. The van der Waals surface area contributed by atoms with Gasteiger partial charge < -0.3 is 10.1 Å². The van der Waals surface area contributed by atoms with Crippen LogP contribution < -0.4 is 5.32 Å². The molecule has 3 nitrogen and oxygen atoms in total. The highest BCUT2D eigenvalue weighted by molar-refractivity contribution is 5.00. The van der Waals surface area contributed by atoms with E-state index in [0.717, 1.165) is 31.2 Å². The van der Waals surface area contributed by atoms with Gasteiger partial charge in [0.2, 0.25) is 0 Å². The molecule has 0 aromatic heterocycles. The summed E-state index contributed by atoms with van der Waals surface area (Å²) in [7, 11) is 0. The summed E-state index contributed by atoms with van der Waals surface area (Å²) in [6, 6.07) is 0. The molecule has 0 spiro atoms. The Bertz CT molecular complexity index is 288. The summed E-state index contributed by atoms with van der Waals surface area (Å²) in [5.41, 5.74) is 1.44. The molecule has 104 valence electrons. The normalized spacial score (nSPS) is 30.1. The molecule has 0 aromatic rings. The van der Waals surface area contributed by atoms with Crippen LogP contribution in [0.1, 0.15) is 33.1 Å². The zero-order chi connectivity index (χ0) is 13.0. The van der Waals surface area contributed by atoms with E-state index in [2.05, 4.69) is 23.7 Å². The van der Waals surface area contributed by atoms with Gasteiger partial charge >= 0.3 is 0 Å². The maximum Gasteiger partial charge on any atom is 0.0672 e. The second-order valence-electron chi connectivity index (χ2n) is 6.26. The summed E-state index contributed by atoms with van der Waals surface area (Å²) in [6.45, 7) is 14.4. The van der Waals surface area contributed by atoms with E-state index in [-0.39, 0.29) is 0 Å². The van der Waals surface area contributed by atoms with Crippen molar-refractivity contribution in [2.45, 2.75) is 38.6 Å². The van der Waals surface area contributed by atoms with E-state index >= 15 is 0 Å². The smallest absolute Gasteiger partial charge is 0.0672 e. The van der Waals surface area contributed by atoms with Crippen molar-refractivity contribution in [1.82, 2.24) is 10.2 Å². The fraction of sp³-hybridized carbons (Fsp3) is 0.867. The Labute approximate surface area is 112 Å². The molecular formula is C15H28N2O. The summed E-state index contributed by atoms with van der Waals surface area (Å²) < 4.78 is 5.62. The highest BCUT2D eigenvalue weighted by Crippen LogP contribution is 2.40. The number of ether oxygens (including phenoxy) is 1. The molecular weight excluding hydrogens is 224 g/mol. The molecule has 1 atom stereocenters. The standard InChI is InChI=1S/C15H28N2O/c1-13(2)11-18-10-9-17-8-4-7-16-15(3,12-17)14-5-6-14/h14,16H,1,4-12H2,2-3H3. The lowest BCUT2D eigenvalue weighted by molar-refractivity contribution is 0.108. The number of hydrogen-bond donors (Lipinski definition) is 1. The van der Waals surface area contributed by atoms with Crippen molar-refractivity contribution in [2.24, 2.45) is 5.92 Å². The molecule has 1 heterocycles. The molecule has 1 unspecified atom stereocenters. The summed E-state index contributed by atoms with van der Waals surface area (Å²) in [5, 5.41) is 3.76. The van der Waals surface area contributed by atoms with E-state index in [1.54, 1.807) is 0 Å².